The minimum Gasteiger partial charge on any atom is -0.469 e. The van der Waals surface area contributed by atoms with E-state index in [1.54, 1.807) is 31.2 Å². The minimum absolute atomic E-state index is 0.210. The lowest BCUT2D eigenvalue weighted by Gasteiger charge is -2.27. The SMILES string of the molecule is CCOC(=O)C1C(=O)C=C(c2ccc(F)cc2)CC1c1ccco1. The van der Waals surface area contributed by atoms with Crippen LogP contribution in [0.3, 0.4) is 0 Å². The van der Waals surface area contributed by atoms with Crippen LogP contribution in [-0.2, 0) is 14.3 Å². The second kappa shape index (κ2) is 6.83. The highest BCUT2D eigenvalue weighted by atomic mass is 19.1. The van der Waals surface area contributed by atoms with E-state index in [0.29, 0.717) is 12.2 Å². The number of hydrogen-bond donors (Lipinski definition) is 0. The highest BCUT2D eigenvalue weighted by Gasteiger charge is 2.41. The average molecular weight is 328 g/mol. The van der Waals surface area contributed by atoms with Crippen LogP contribution in [-0.4, -0.2) is 18.4 Å². The molecule has 1 aromatic carbocycles. The number of hydrogen-bond acceptors (Lipinski definition) is 4. The molecule has 0 N–H and O–H groups in total. The van der Waals surface area contributed by atoms with E-state index in [2.05, 4.69) is 0 Å². The first-order valence-corrected chi connectivity index (χ1v) is 7.80. The van der Waals surface area contributed by atoms with Gasteiger partial charge in [-0.2, -0.15) is 0 Å². The molecule has 124 valence electrons. The molecule has 0 saturated carbocycles. The van der Waals surface area contributed by atoms with E-state index in [4.69, 9.17) is 9.15 Å². The maximum Gasteiger partial charge on any atom is 0.317 e. The first-order valence-electron chi connectivity index (χ1n) is 7.80. The van der Waals surface area contributed by atoms with Crippen molar-refractivity contribution in [3.8, 4) is 0 Å². The van der Waals surface area contributed by atoms with Crippen LogP contribution in [0.25, 0.3) is 5.57 Å². The third kappa shape index (κ3) is 3.15. The van der Waals surface area contributed by atoms with Gasteiger partial charge in [-0.1, -0.05) is 12.1 Å². The molecule has 0 saturated heterocycles. The van der Waals surface area contributed by atoms with Crippen molar-refractivity contribution in [1.82, 2.24) is 0 Å². The van der Waals surface area contributed by atoms with E-state index < -0.39 is 17.8 Å². The number of furan rings is 1. The van der Waals surface area contributed by atoms with Gasteiger partial charge in [0.15, 0.2) is 5.78 Å². The van der Waals surface area contributed by atoms with Gasteiger partial charge >= 0.3 is 5.97 Å². The zero-order valence-electron chi connectivity index (χ0n) is 13.2. The number of rotatable bonds is 4. The lowest BCUT2D eigenvalue weighted by atomic mass is 9.76. The van der Waals surface area contributed by atoms with E-state index in [0.717, 1.165) is 11.1 Å². The van der Waals surface area contributed by atoms with Crippen molar-refractivity contribution in [2.24, 2.45) is 5.92 Å². The zero-order valence-corrected chi connectivity index (χ0v) is 13.2. The van der Waals surface area contributed by atoms with Crippen molar-refractivity contribution in [2.75, 3.05) is 6.61 Å². The van der Waals surface area contributed by atoms with Crippen LogP contribution in [0.5, 0.6) is 0 Å². The highest BCUT2D eigenvalue weighted by Crippen LogP contribution is 2.40. The fraction of sp³-hybridized carbons (Fsp3) is 0.263. The smallest absolute Gasteiger partial charge is 0.317 e. The Morgan fingerprint density at radius 1 is 1.29 bits per heavy atom. The summed E-state index contributed by atoms with van der Waals surface area (Å²) in [5.74, 6) is -1.99. The average Bonchev–Trinajstić information content (AvgIpc) is 3.09. The monoisotopic (exact) mass is 328 g/mol. The summed E-state index contributed by atoms with van der Waals surface area (Å²) in [6.07, 6.45) is 3.40. The Bertz CT molecular complexity index is 759. The minimum atomic E-state index is -0.916. The number of benzene rings is 1. The molecular formula is C19H17FO4. The van der Waals surface area contributed by atoms with Gasteiger partial charge in [0.05, 0.1) is 12.9 Å². The largest absolute Gasteiger partial charge is 0.469 e. The molecule has 24 heavy (non-hydrogen) atoms. The van der Waals surface area contributed by atoms with Crippen molar-refractivity contribution < 1.29 is 23.1 Å². The molecule has 2 atom stereocenters. The second-order valence-electron chi connectivity index (χ2n) is 5.63. The Morgan fingerprint density at radius 3 is 2.67 bits per heavy atom. The van der Waals surface area contributed by atoms with Gasteiger partial charge in [-0.25, -0.2) is 4.39 Å². The van der Waals surface area contributed by atoms with Gasteiger partial charge in [0.1, 0.15) is 17.5 Å². The summed E-state index contributed by atoms with van der Waals surface area (Å²) >= 11 is 0. The first kappa shape index (κ1) is 16.2. The van der Waals surface area contributed by atoms with Crippen LogP contribution < -0.4 is 0 Å². The molecule has 2 unspecified atom stereocenters. The maximum atomic E-state index is 13.1. The lowest BCUT2D eigenvalue weighted by molar-refractivity contribution is -0.151. The molecule has 0 bridgehead atoms. The van der Waals surface area contributed by atoms with E-state index in [-0.39, 0.29) is 18.2 Å². The second-order valence-corrected chi connectivity index (χ2v) is 5.63. The van der Waals surface area contributed by atoms with E-state index in [1.807, 2.05) is 0 Å². The van der Waals surface area contributed by atoms with Gasteiger partial charge in [0.2, 0.25) is 0 Å². The number of halogens is 1. The molecule has 1 aliphatic carbocycles. The number of ketones is 1. The van der Waals surface area contributed by atoms with Crippen molar-refractivity contribution in [2.45, 2.75) is 19.3 Å². The van der Waals surface area contributed by atoms with Gasteiger partial charge in [0, 0.05) is 5.92 Å². The number of carbonyl (C=O) groups is 2. The predicted octanol–water partition coefficient (Wildman–Crippen LogP) is 3.74. The fourth-order valence-electron chi connectivity index (χ4n) is 3.02. The Labute approximate surface area is 138 Å². The molecule has 0 aliphatic heterocycles. The molecule has 1 aliphatic rings. The lowest BCUT2D eigenvalue weighted by Crippen LogP contribution is -2.33. The molecule has 4 nitrogen and oxygen atoms in total. The third-order valence-electron chi connectivity index (χ3n) is 4.13. The third-order valence-corrected chi connectivity index (χ3v) is 4.13. The molecule has 2 aromatic rings. The Kier molecular flexibility index (Phi) is 4.60. The molecule has 5 heteroatoms. The quantitative estimate of drug-likeness (QED) is 0.634. The number of allylic oxidation sites excluding steroid dienone is 2. The summed E-state index contributed by atoms with van der Waals surface area (Å²) < 4.78 is 23.6. The van der Waals surface area contributed by atoms with Crippen LogP contribution in [0.1, 0.15) is 30.6 Å². The molecule has 3 rings (SSSR count). The molecule has 0 amide bonds. The maximum absolute atomic E-state index is 13.1. The van der Waals surface area contributed by atoms with Crippen LogP contribution in [0, 0.1) is 11.7 Å². The molecular weight excluding hydrogens is 311 g/mol. The van der Waals surface area contributed by atoms with Crippen molar-refractivity contribution in [3.63, 3.8) is 0 Å². The zero-order chi connectivity index (χ0) is 17.1. The van der Waals surface area contributed by atoms with Crippen molar-refractivity contribution in [1.29, 1.82) is 0 Å². The summed E-state index contributed by atoms with van der Waals surface area (Å²) in [6, 6.07) is 9.41. The van der Waals surface area contributed by atoms with Gasteiger partial charge in [-0.3, -0.25) is 9.59 Å². The van der Waals surface area contributed by atoms with Crippen molar-refractivity contribution in [3.05, 3.63) is 65.9 Å². The van der Waals surface area contributed by atoms with Gasteiger partial charge in [-0.05, 0) is 54.8 Å². The van der Waals surface area contributed by atoms with Gasteiger partial charge < -0.3 is 9.15 Å². The number of ether oxygens (including phenoxy) is 1. The standard InChI is InChI=1S/C19H17FO4/c1-2-23-19(22)18-15(17-4-3-9-24-17)10-13(11-16(18)21)12-5-7-14(20)8-6-12/h3-9,11,15,18H,2,10H2,1H3. The van der Waals surface area contributed by atoms with Crippen LogP contribution in [0.15, 0.2) is 53.2 Å². The predicted molar refractivity (Wildman–Crippen MR) is 85.6 cm³/mol. The Morgan fingerprint density at radius 2 is 2.04 bits per heavy atom. The summed E-state index contributed by atoms with van der Waals surface area (Å²) in [5, 5.41) is 0. The Balaban J connectivity index is 1.98. The summed E-state index contributed by atoms with van der Waals surface area (Å²) in [5.41, 5.74) is 1.51. The van der Waals surface area contributed by atoms with Gasteiger partial charge in [0.25, 0.3) is 0 Å². The summed E-state index contributed by atoms with van der Waals surface area (Å²) in [7, 11) is 0. The van der Waals surface area contributed by atoms with E-state index >= 15 is 0 Å². The molecule has 0 spiro atoms. The number of carbonyl (C=O) groups excluding carboxylic acids is 2. The topological polar surface area (TPSA) is 56.5 Å². The summed E-state index contributed by atoms with van der Waals surface area (Å²) in [6.45, 7) is 1.91. The van der Waals surface area contributed by atoms with Crippen LogP contribution >= 0.6 is 0 Å². The van der Waals surface area contributed by atoms with Gasteiger partial charge in [-0.15, -0.1) is 0 Å². The molecule has 1 aromatic heterocycles. The number of esters is 1. The first-order chi connectivity index (χ1) is 11.6. The van der Waals surface area contributed by atoms with E-state index in [1.165, 1.54) is 24.5 Å². The molecule has 0 fully saturated rings. The molecule has 0 radical (unpaired) electrons. The van der Waals surface area contributed by atoms with Crippen LogP contribution in [0.4, 0.5) is 4.39 Å². The normalized spacial score (nSPS) is 20.6. The Hall–Kier alpha value is -2.69. The van der Waals surface area contributed by atoms with Crippen molar-refractivity contribution >= 4 is 17.3 Å². The van der Waals surface area contributed by atoms with E-state index in [9.17, 15) is 14.0 Å². The van der Waals surface area contributed by atoms with Crippen LogP contribution in [0.2, 0.25) is 0 Å². The highest BCUT2D eigenvalue weighted by molar-refractivity contribution is 6.10. The fourth-order valence-corrected chi connectivity index (χ4v) is 3.02. The summed E-state index contributed by atoms with van der Waals surface area (Å²) in [4.78, 5) is 24.8. The molecule has 1 heterocycles.